The number of nitrogens with one attached hydrogen (secondary N) is 1. The normalized spacial score (nSPS) is 30.4. The van der Waals surface area contributed by atoms with Crippen LogP contribution in [0.3, 0.4) is 0 Å². The molecule has 0 bridgehead atoms. The van der Waals surface area contributed by atoms with Crippen LogP contribution in [0.15, 0.2) is 12.3 Å². The molecule has 2 heterocycles. The average molecular weight is 252 g/mol. The van der Waals surface area contributed by atoms with E-state index in [4.69, 9.17) is 4.74 Å². The molecule has 2 unspecified atom stereocenters. The van der Waals surface area contributed by atoms with Gasteiger partial charge < -0.3 is 15.0 Å². The highest BCUT2D eigenvalue weighted by Gasteiger charge is 2.30. The number of carbonyl (C=O) groups is 1. The van der Waals surface area contributed by atoms with Crippen molar-refractivity contribution in [3.05, 3.63) is 12.3 Å². The first kappa shape index (κ1) is 13.6. The van der Waals surface area contributed by atoms with Crippen LogP contribution in [-0.2, 0) is 9.53 Å². The number of hydrogen-bond donors (Lipinski definition) is 1. The molecule has 2 rings (SSSR count). The van der Waals surface area contributed by atoms with Gasteiger partial charge >= 0.3 is 0 Å². The van der Waals surface area contributed by atoms with Crippen LogP contribution in [0.4, 0.5) is 0 Å². The van der Waals surface area contributed by atoms with Crippen LogP contribution in [0.25, 0.3) is 0 Å². The first-order valence-corrected chi connectivity index (χ1v) is 7.00. The van der Waals surface area contributed by atoms with Crippen LogP contribution in [0.1, 0.15) is 38.5 Å². The fourth-order valence-corrected chi connectivity index (χ4v) is 2.75. The van der Waals surface area contributed by atoms with Crippen molar-refractivity contribution >= 4 is 5.91 Å². The van der Waals surface area contributed by atoms with Gasteiger partial charge in [-0.25, -0.2) is 0 Å². The van der Waals surface area contributed by atoms with Crippen LogP contribution in [0, 0.1) is 0 Å². The van der Waals surface area contributed by atoms with E-state index in [1.54, 1.807) is 0 Å². The number of carbonyl (C=O) groups excluding carboxylic acids is 1. The predicted molar refractivity (Wildman–Crippen MR) is 71.1 cm³/mol. The standard InChI is InChI=1S/C14H24N2O2/c1-11-6-5-8-13(15-2)14(17)16(11)10-12-7-3-4-9-18-12/h12-13,15H,1,3-10H2,2H3. The Hall–Kier alpha value is -0.870. The molecule has 4 nitrogen and oxygen atoms in total. The summed E-state index contributed by atoms with van der Waals surface area (Å²) in [5.41, 5.74) is 0.951. The fraction of sp³-hybridized carbons (Fsp3) is 0.786. The lowest BCUT2D eigenvalue weighted by molar-refractivity contribution is -0.133. The minimum atomic E-state index is -0.0622. The second kappa shape index (κ2) is 6.34. The van der Waals surface area contributed by atoms with Crippen LogP contribution in [-0.4, -0.2) is 43.2 Å². The van der Waals surface area contributed by atoms with Gasteiger partial charge in [0.25, 0.3) is 0 Å². The number of nitrogens with zero attached hydrogens (tertiary/aromatic N) is 1. The third kappa shape index (κ3) is 3.12. The van der Waals surface area contributed by atoms with Gasteiger partial charge in [0.1, 0.15) is 0 Å². The molecule has 18 heavy (non-hydrogen) atoms. The van der Waals surface area contributed by atoms with Crippen molar-refractivity contribution in [2.24, 2.45) is 0 Å². The van der Waals surface area contributed by atoms with Crippen molar-refractivity contribution in [1.82, 2.24) is 10.2 Å². The summed E-state index contributed by atoms with van der Waals surface area (Å²) in [6, 6.07) is -0.0622. The molecule has 2 atom stereocenters. The van der Waals surface area contributed by atoms with E-state index in [1.165, 1.54) is 6.42 Å². The zero-order valence-electron chi connectivity index (χ0n) is 11.3. The second-order valence-electron chi connectivity index (χ2n) is 5.24. The van der Waals surface area contributed by atoms with Crippen LogP contribution in [0.5, 0.6) is 0 Å². The molecule has 0 aromatic carbocycles. The molecule has 1 amide bonds. The third-order valence-electron chi connectivity index (χ3n) is 3.91. The summed E-state index contributed by atoms with van der Waals surface area (Å²) < 4.78 is 5.73. The number of likely N-dealkylation sites (tertiary alicyclic amines) is 1. The molecule has 0 aromatic heterocycles. The quantitative estimate of drug-likeness (QED) is 0.830. The van der Waals surface area contributed by atoms with E-state index in [1.807, 2.05) is 11.9 Å². The maximum absolute atomic E-state index is 12.4. The van der Waals surface area contributed by atoms with Crippen LogP contribution < -0.4 is 5.32 Å². The molecule has 102 valence electrons. The molecule has 1 N–H and O–H groups in total. The van der Waals surface area contributed by atoms with Gasteiger partial charge in [-0.3, -0.25) is 4.79 Å². The lowest BCUT2D eigenvalue weighted by atomic mass is 10.1. The molecule has 0 saturated carbocycles. The van der Waals surface area contributed by atoms with E-state index in [2.05, 4.69) is 11.9 Å². The van der Waals surface area contributed by atoms with Crippen LogP contribution >= 0.6 is 0 Å². The Kier molecular flexibility index (Phi) is 4.78. The highest BCUT2D eigenvalue weighted by Crippen LogP contribution is 2.22. The van der Waals surface area contributed by atoms with E-state index >= 15 is 0 Å². The van der Waals surface area contributed by atoms with Crippen molar-refractivity contribution in [2.75, 3.05) is 20.2 Å². The first-order valence-electron chi connectivity index (χ1n) is 7.00. The molecule has 0 radical (unpaired) electrons. The van der Waals surface area contributed by atoms with E-state index in [0.29, 0.717) is 6.54 Å². The number of likely N-dealkylation sites (N-methyl/N-ethyl adjacent to an activating group) is 1. The molecule has 0 spiro atoms. The summed E-state index contributed by atoms with van der Waals surface area (Å²) >= 11 is 0. The van der Waals surface area contributed by atoms with E-state index < -0.39 is 0 Å². The Balaban J connectivity index is 2.01. The van der Waals surface area contributed by atoms with Gasteiger partial charge in [-0.1, -0.05) is 6.58 Å². The smallest absolute Gasteiger partial charge is 0.243 e. The van der Waals surface area contributed by atoms with Crippen molar-refractivity contribution in [3.63, 3.8) is 0 Å². The number of ether oxygens (including phenoxy) is 1. The molecule has 4 heteroatoms. The van der Waals surface area contributed by atoms with Gasteiger partial charge in [-0.05, 0) is 45.6 Å². The maximum atomic E-state index is 12.4. The Labute approximate surface area is 109 Å². The van der Waals surface area contributed by atoms with Crippen molar-refractivity contribution in [1.29, 1.82) is 0 Å². The minimum absolute atomic E-state index is 0.0622. The molecular formula is C14H24N2O2. The maximum Gasteiger partial charge on any atom is 0.243 e. The second-order valence-corrected chi connectivity index (χ2v) is 5.24. The van der Waals surface area contributed by atoms with E-state index in [9.17, 15) is 4.79 Å². The Morgan fingerprint density at radius 2 is 2.22 bits per heavy atom. The zero-order chi connectivity index (χ0) is 13.0. The van der Waals surface area contributed by atoms with Gasteiger partial charge in [0.15, 0.2) is 0 Å². The SMILES string of the molecule is C=C1CCCC(NC)C(=O)N1CC1CCCCO1. The minimum Gasteiger partial charge on any atom is -0.376 e. The van der Waals surface area contributed by atoms with Gasteiger partial charge in [0.2, 0.25) is 5.91 Å². The first-order chi connectivity index (χ1) is 8.72. The molecular weight excluding hydrogens is 228 g/mol. The summed E-state index contributed by atoms with van der Waals surface area (Å²) in [6.07, 6.45) is 6.43. The molecule has 2 saturated heterocycles. The third-order valence-corrected chi connectivity index (χ3v) is 3.91. The van der Waals surface area contributed by atoms with Gasteiger partial charge in [-0.2, -0.15) is 0 Å². The van der Waals surface area contributed by atoms with E-state index in [-0.39, 0.29) is 18.1 Å². The topological polar surface area (TPSA) is 41.6 Å². The van der Waals surface area contributed by atoms with Gasteiger partial charge in [0, 0.05) is 12.3 Å². The van der Waals surface area contributed by atoms with Crippen molar-refractivity contribution < 1.29 is 9.53 Å². The Bertz CT molecular complexity index is 311. The molecule has 2 aliphatic heterocycles. The van der Waals surface area contributed by atoms with E-state index in [0.717, 1.165) is 44.4 Å². The lowest BCUT2D eigenvalue weighted by Gasteiger charge is -2.31. The van der Waals surface area contributed by atoms with Crippen molar-refractivity contribution in [2.45, 2.75) is 50.7 Å². The largest absolute Gasteiger partial charge is 0.376 e. The number of hydrogen-bond acceptors (Lipinski definition) is 3. The number of rotatable bonds is 3. The van der Waals surface area contributed by atoms with Gasteiger partial charge in [-0.15, -0.1) is 0 Å². The fourth-order valence-electron chi connectivity index (χ4n) is 2.75. The highest BCUT2D eigenvalue weighted by atomic mass is 16.5. The Morgan fingerprint density at radius 1 is 1.39 bits per heavy atom. The van der Waals surface area contributed by atoms with Crippen LogP contribution in [0.2, 0.25) is 0 Å². The monoisotopic (exact) mass is 252 g/mol. The molecule has 0 aromatic rings. The average Bonchev–Trinajstić information content (AvgIpc) is 2.53. The molecule has 0 aliphatic carbocycles. The van der Waals surface area contributed by atoms with Gasteiger partial charge in [0.05, 0.1) is 18.7 Å². The summed E-state index contributed by atoms with van der Waals surface area (Å²) in [6.45, 7) is 5.57. The number of allylic oxidation sites excluding steroid dienone is 1. The summed E-state index contributed by atoms with van der Waals surface area (Å²) in [4.78, 5) is 14.3. The van der Waals surface area contributed by atoms with Crippen molar-refractivity contribution in [3.8, 4) is 0 Å². The summed E-state index contributed by atoms with van der Waals surface area (Å²) in [7, 11) is 1.85. The number of amides is 1. The Morgan fingerprint density at radius 3 is 2.89 bits per heavy atom. The molecule has 2 fully saturated rings. The lowest BCUT2D eigenvalue weighted by Crippen LogP contribution is -2.46. The predicted octanol–water partition coefficient (Wildman–Crippen LogP) is 1.67. The summed E-state index contributed by atoms with van der Waals surface area (Å²) in [5.74, 6) is 0.161. The summed E-state index contributed by atoms with van der Waals surface area (Å²) in [5, 5.41) is 3.11. The molecule has 2 aliphatic rings. The highest BCUT2D eigenvalue weighted by molar-refractivity contribution is 5.83. The zero-order valence-corrected chi connectivity index (χ0v) is 11.3.